The molecule has 1 spiro atoms. The second kappa shape index (κ2) is 7.57. The molecule has 172 valence electrons. The van der Waals surface area contributed by atoms with Crippen LogP contribution in [-0.2, 0) is 4.79 Å². The molecule has 1 N–H and O–H groups in total. The number of hydrogen-bond acceptors (Lipinski definition) is 3. The van der Waals surface area contributed by atoms with Crippen LogP contribution in [-0.4, -0.2) is 43.9 Å². The van der Waals surface area contributed by atoms with Crippen molar-refractivity contribution < 1.29 is 4.79 Å². The molecule has 0 bridgehead atoms. The number of aromatic amines is 1. The Labute approximate surface area is 203 Å². The van der Waals surface area contributed by atoms with E-state index in [4.69, 9.17) is 16.7 Å². The van der Waals surface area contributed by atoms with Gasteiger partial charge in [0.25, 0.3) is 0 Å². The molecule has 0 unspecified atom stereocenters. The third-order valence-corrected chi connectivity index (χ3v) is 8.02. The Hall–Kier alpha value is -3.38. The van der Waals surface area contributed by atoms with Crippen LogP contribution < -0.4 is 0 Å². The Morgan fingerprint density at radius 3 is 2.65 bits per heavy atom. The first-order valence-electron chi connectivity index (χ1n) is 11.6. The van der Waals surface area contributed by atoms with Crippen molar-refractivity contribution in [2.24, 2.45) is 5.41 Å². The summed E-state index contributed by atoms with van der Waals surface area (Å²) in [5.74, 6) is 0.0243. The third-order valence-electron chi connectivity index (χ3n) is 7.53. The fourth-order valence-electron chi connectivity index (χ4n) is 5.84. The van der Waals surface area contributed by atoms with Gasteiger partial charge in [0.05, 0.1) is 22.8 Å². The number of benzene rings is 2. The van der Waals surface area contributed by atoms with Gasteiger partial charge in [0, 0.05) is 46.3 Å². The quantitative estimate of drug-likeness (QED) is 0.387. The highest BCUT2D eigenvalue weighted by Crippen LogP contribution is 2.55. The molecule has 34 heavy (non-hydrogen) atoms. The summed E-state index contributed by atoms with van der Waals surface area (Å²) < 4.78 is 2.19. The summed E-state index contributed by atoms with van der Waals surface area (Å²) in [5, 5.41) is 14.3. The first-order valence-corrected chi connectivity index (χ1v) is 12.0. The summed E-state index contributed by atoms with van der Waals surface area (Å²) in [5.41, 5.74) is 7.33. The highest BCUT2D eigenvalue weighted by atomic mass is 35.5. The molecule has 1 saturated heterocycles. The third kappa shape index (κ3) is 3.05. The van der Waals surface area contributed by atoms with Crippen molar-refractivity contribution in [1.29, 1.82) is 0 Å². The minimum atomic E-state index is 0.0243. The summed E-state index contributed by atoms with van der Waals surface area (Å²) in [6, 6.07) is 12.6. The summed E-state index contributed by atoms with van der Waals surface area (Å²) in [6.07, 6.45) is 5.29. The average Bonchev–Trinajstić information content (AvgIpc) is 3.38. The highest BCUT2D eigenvalue weighted by Gasteiger charge is 2.54. The van der Waals surface area contributed by atoms with Crippen LogP contribution in [0, 0.1) is 19.3 Å². The fourth-order valence-corrected chi connectivity index (χ4v) is 6.09. The summed E-state index contributed by atoms with van der Waals surface area (Å²) in [7, 11) is 0. The molecular formula is C27H26ClN5O. The minimum absolute atomic E-state index is 0.0243. The zero-order valence-electron chi connectivity index (χ0n) is 19.3. The molecule has 1 amide bonds. The van der Waals surface area contributed by atoms with E-state index in [1.54, 1.807) is 0 Å². The molecule has 2 aliphatic rings. The van der Waals surface area contributed by atoms with Crippen LogP contribution in [0.4, 0.5) is 0 Å². The maximum absolute atomic E-state index is 11.9. The van der Waals surface area contributed by atoms with Crippen molar-refractivity contribution in [3.8, 4) is 22.4 Å². The summed E-state index contributed by atoms with van der Waals surface area (Å²) >= 11 is 6.94. The summed E-state index contributed by atoms with van der Waals surface area (Å²) in [4.78, 5) is 13.8. The van der Waals surface area contributed by atoms with Crippen LogP contribution in [0.15, 0.2) is 55.3 Å². The number of carbonyl (C=O) groups excluding carboxylic acids is 1. The molecule has 2 aromatic heterocycles. The van der Waals surface area contributed by atoms with E-state index in [-0.39, 0.29) is 11.3 Å². The number of amides is 1. The van der Waals surface area contributed by atoms with Gasteiger partial charge >= 0.3 is 0 Å². The number of nitrogens with zero attached hydrogens (tertiary/aromatic N) is 4. The normalized spacial score (nSPS) is 17.1. The average molecular weight is 472 g/mol. The molecule has 0 atom stereocenters. The predicted octanol–water partition coefficient (Wildman–Crippen LogP) is 5.71. The van der Waals surface area contributed by atoms with Gasteiger partial charge in [0.15, 0.2) is 0 Å². The standard InChI is InChI=1S/C27H26ClN5O/c1-4-22(34)32-14-27(15-32)11-19(12-27)33-17(3)23(26(31-33)18-8-6-5-7-9-18)24-20-13-29-30-21(20)10-16(2)25(24)28/h4-10,13,19H,1,11-12,14-15H2,2-3H3,(H,29,30). The van der Waals surface area contributed by atoms with Crippen molar-refractivity contribution in [3.05, 3.63) is 71.5 Å². The van der Waals surface area contributed by atoms with Crippen molar-refractivity contribution in [3.63, 3.8) is 0 Å². The molecule has 1 saturated carbocycles. The van der Waals surface area contributed by atoms with Crippen LogP contribution in [0.5, 0.6) is 0 Å². The number of fused-ring (bicyclic) bond motifs is 1. The van der Waals surface area contributed by atoms with Crippen LogP contribution in [0.3, 0.4) is 0 Å². The SMILES string of the molecule is C=CC(=O)N1CC2(CC(n3nc(-c4ccccc4)c(-c4c(Cl)c(C)cc5[nH]ncc45)c3C)C2)C1. The summed E-state index contributed by atoms with van der Waals surface area (Å²) in [6.45, 7) is 9.39. The maximum atomic E-state index is 11.9. The second-order valence-electron chi connectivity index (χ2n) is 9.79. The Balaban J connectivity index is 1.44. The van der Waals surface area contributed by atoms with Gasteiger partial charge in [-0.15, -0.1) is 0 Å². The van der Waals surface area contributed by atoms with E-state index in [0.717, 1.165) is 75.5 Å². The van der Waals surface area contributed by atoms with Crippen LogP contribution in [0.25, 0.3) is 33.3 Å². The van der Waals surface area contributed by atoms with Gasteiger partial charge in [-0.1, -0.05) is 48.5 Å². The number of aryl methyl sites for hydroxylation is 1. The van der Waals surface area contributed by atoms with E-state index in [2.05, 4.69) is 40.5 Å². The van der Waals surface area contributed by atoms with Gasteiger partial charge in [-0.2, -0.15) is 10.2 Å². The van der Waals surface area contributed by atoms with Gasteiger partial charge in [0.1, 0.15) is 5.69 Å². The van der Waals surface area contributed by atoms with E-state index in [1.165, 1.54) is 6.08 Å². The molecule has 1 aliphatic heterocycles. The molecule has 6 rings (SSSR count). The Morgan fingerprint density at radius 2 is 1.94 bits per heavy atom. The number of likely N-dealkylation sites (tertiary alicyclic amines) is 1. The van der Waals surface area contributed by atoms with Gasteiger partial charge in [-0.05, 0) is 44.4 Å². The zero-order valence-corrected chi connectivity index (χ0v) is 20.1. The second-order valence-corrected chi connectivity index (χ2v) is 10.2. The fraction of sp³-hybridized carbons (Fsp3) is 0.296. The monoisotopic (exact) mass is 471 g/mol. The van der Waals surface area contributed by atoms with Crippen molar-refractivity contribution in [1.82, 2.24) is 24.9 Å². The number of hydrogen-bond donors (Lipinski definition) is 1. The molecule has 6 nitrogen and oxygen atoms in total. The lowest BCUT2D eigenvalue weighted by molar-refractivity contribution is -0.149. The number of nitrogens with one attached hydrogen (secondary N) is 1. The molecule has 2 aromatic carbocycles. The van der Waals surface area contributed by atoms with Gasteiger partial charge in [-0.3, -0.25) is 14.6 Å². The number of rotatable bonds is 4. The van der Waals surface area contributed by atoms with Gasteiger partial charge < -0.3 is 4.90 Å². The first-order chi connectivity index (χ1) is 16.4. The minimum Gasteiger partial charge on any atom is -0.338 e. The van der Waals surface area contributed by atoms with Crippen LogP contribution in [0.1, 0.15) is 30.1 Å². The van der Waals surface area contributed by atoms with Crippen molar-refractivity contribution in [2.75, 3.05) is 13.1 Å². The topological polar surface area (TPSA) is 66.8 Å². The molecule has 4 aromatic rings. The van der Waals surface area contributed by atoms with E-state index < -0.39 is 0 Å². The molecule has 7 heteroatoms. The number of H-pyrrole nitrogens is 1. The van der Waals surface area contributed by atoms with Crippen LogP contribution in [0.2, 0.25) is 5.02 Å². The number of halogens is 1. The van der Waals surface area contributed by atoms with Crippen molar-refractivity contribution >= 4 is 28.4 Å². The van der Waals surface area contributed by atoms with E-state index in [9.17, 15) is 4.79 Å². The molecule has 0 radical (unpaired) electrons. The Kier molecular flexibility index (Phi) is 4.71. The lowest BCUT2D eigenvalue weighted by atomic mass is 9.60. The Morgan fingerprint density at radius 1 is 1.21 bits per heavy atom. The lowest BCUT2D eigenvalue weighted by Crippen LogP contribution is -2.63. The smallest absolute Gasteiger partial charge is 0.245 e. The molecule has 1 aliphatic carbocycles. The largest absolute Gasteiger partial charge is 0.338 e. The van der Waals surface area contributed by atoms with E-state index >= 15 is 0 Å². The zero-order chi connectivity index (χ0) is 23.6. The maximum Gasteiger partial charge on any atom is 0.245 e. The predicted molar refractivity (Wildman–Crippen MR) is 135 cm³/mol. The molecule has 3 heterocycles. The highest BCUT2D eigenvalue weighted by molar-refractivity contribution is 6.36. The number of aromatic nitrogens is 4. The van der Waals surface area contributed by atoms with Gasteiger partial charge in [-0.25, -0.2) is 0 Å². The first kappa shape index (κ1) is 21.2. The van der Waals surface area contributed by atoms with Gasteiger partial charge in [0.2, 0.25) is 5.91 Å². The van der Waals surface area contributed by atoms with E-state index in [0.29, 0.717) is 6.04 Å². The number of carbonyl (C=O) groups is 1. The van der Waals surface area contributed by atoms with Crippen molar-refractivity contribution in [2.45, 2.75) is 32.7 Å². The lowest BCUT2D eigenvalue weighted by Gasteiger charge is -2.58. The van der Waals surface area contributed by atoms with Crippen LogP contribution >= 0.6 is 11.6 Å². The Bertz CT molecular complexity index is 1440. The molecular weight excluding hydrogens is 446 g/mol. The van der Waals surface area contributed by atoms with E-state index in [1.807, 2.05) is 42.3 Å². The molecule has 2 fully saturated rings.